The zero-order valence-electron chi connectivity index (χ0n) is 11.4. The number of nitrogens with zero attached hydrogens (tertiary/aromatic N) is 3. The molecular formula is C16H10ClN3OS. The third-order valence-corrected chi connectivity index (χ3v) is 4.23. The summed E-state index contributed by atoms with van der Waals surface area (Å²) in [4.78, 5) is 22.4. The van der Waals surface area contributed by atoms with Crippen LogP contribution in [0.25, 0.3) is 10.2 Å². The van der Waals surface area contributed by atoms with Crippen molar-refractivity contribution in [3.63, 3.8) is 0 Å². The van der Waals surface area contributed by atoms with Crippen molar-refractivity contribution in [2.75, 3.05) is 0 Å². The first-order chi connectivity index (χ1) is 10.7. The Balaban J connectivity index is 2.32. The van der Waals surface area contributed by atoms with E-state index in [9.17, 15) is 4.79 Å². The first-order valence-corrected chi connectivity index (χ1v) is 7.61. The molecule has 108 valence electrons. The molecule has 0 aliphatic carbocycles. The summed E-state index contributed by atoms with van der Waals surface area (Å²) in [5, 5.41) is 1.17. The minimum absolute atomic E-state index is 0.159. The molecule has 4 nitrogen and oxygen atoms in total. The van der Waals surface area contributed by atoms with Gasteiger partial charge in [-0.05, 0) is 36.4 Å². The monoisotopic (exact) mass is 327 g/mol. The predicted octanol–water partition coefficient (Wildman–Crippen LogP) is 2.98. The number of terminal acetylenes is 1. The largest absolute Gasteiger partial charge is 0.272 e. The van der Waals surface area contributed by atoms with E-state index in [4.69, 9.17) is 18.0 Å². The fourth-order valence-electron chi connectivity index (χ4n) is 1.95. The number of benzene rings is 1. The molecule has 0 N–H and O–H groups in total. The van der Waals surface area contributed by atoms with Gasteiger partial charge >= 0.3 is 0 Å². The molecule has 3 rings (SSSR count). The highest BCUT2D eigenvalue weighted by Gasteiger charge is 2.06. The van der Waals surface area contributed by atoms with Gasteiger partial charge in [-0.3, -0.25) is 9.36 Å². The summed E-state index contributed by atoms with van der Waals surface area (Å²) in [5.74, 6) is 2.49. The number of halogens is 1. The lowest BCUT2D eigenvalue weighted by atomic mass is 10.3. The van der Waals surface area contributed by atoms with Crippen molar-refractivity contribution in [2.45, 2.75) is 6.54 Å². The van der Waals surface area contributed by atoms with E-state index in [1.165, 1.54) is 15.9 Å². The van der Waals surface area contributed by atoms with E-state index in [-0.39, 0.29) is 12.1 Å². The molecule has 2 heterocycles. The van der Waals surface area contributed by atoms with E-state index < -0.39 is 0 Å². The van der Waals surface area contributed by atoms with Crippen LogP contribution in [0.3, 0.4) is 0 Å². The Morgan fingerprint density at radius 2 is 2.09 bits per heavy atom. The van der Waals surface area contributed by atoms with Crippen LogP contribution in [-0.4, -0.2) is 9.55 Å². The summed E-state index contributed by atoms with van der Waals surface area (Å²) in [5.41, 5.74) is 0.508. The maximum absolute atomic E-state index is 12.5. The SMILES string of the molecule is C#CCn1c(=O)c2cccnc2s/c1=N\c1ccc(Cl)cc1. The Bertz CT molecular complexity index is 997. The Morgan fingerprint density at radius 3 is 2.82 bits per heavy atom. The number of pyridine rings is 1. The van der Waals surface area contributed by atoms with Crippen LogP contribution in [0.15, 0.2) is 52.4 Å². The van der Waals surface area contributed by atoms with E-state index in [0.29, 0.717) is 25.7 Å². The van der Waals surface area contributed by atoms with Crippen LogP contribution >= 0.6 is 22.9 Å². The summed E-state index contributed by atoms with van der Waals surface area (Å²) >= 11 is 7.19. The molecule has 22 heavy (non-hydrogen) atoms. The maximum atomic E-state index is 12.5. The highest BCUT2D eigenvalue weighted by Crippen LogP contribution is 2.16. The Kier molecular flexibility index (Phi) is 4.05. The predicted molar refractivity (Wildman–Crippen MR) is 89.4 cm³/mol. The summed E-state index contributed by atoms with van der Waals surface area (Å²) in [6.45, 7) is 0.159. The van der Waals surface area contributed by atoms with Crippen LogP contribution in [0.2, 0.25) is 5.02 Å². The minimum atomic E-state index is -0.187. The Labute approximate surface area is 135 Å². The second kappa shape index (κ2) is 6.14. The third-order valence-electron chi connectivity index (χ3n) is 2.97. The molecule has 0 amide bonds. The van der Waals surface area contributed by atoms with Crippen molar-refractivity contribution in [3.05, 3.63) is 62.8 Å². The van der Waals surface area contributed by atoms with E-state index in [1.807, 2.05) is 0 Å². The van der Waals surface area contributed by atoms with E-state index in [1.54, 1.807) is 42.6 Å². The first-order valence-electron chi connectivity index (χ1n) is 6.41. The lowest BCUT2D eigenvalue weighted by molar-refractivity contribution is 0.773. The van der Waals surface area contributed by atoms with Crippen molar-refractivity contribution < 1.29 is 0 Å². The number of fused-ring (bicyclic) bond motifs is 1. The van der Waals surface area contributed by atoms with Crippen LogP contribution in [0, 0.1) is 12.3 Å². The van der Waals surface area contributed by atoms with Gasteiger partial charge in [0.05, 0.1) is 17.6 Å². The minimum Gasteiger partial charge on any atom is -0.272 e. The number of hydrogen-bond acceptors (Lipinski definition) is 4. The second-order valence-corrected chi connectivity index (χ2v) is 5.82. The van der Waals surface area contributed by atoms with Gasteiger partial charge in [-0.25, -0.2) is 9.98 Å². The average molecular weight is 328 g/mol. The fraction of sp³-hybridized carbons (Fsp3) is 0.0625. The summed E-state index contributed by atoms with van der Waals surface area (Å²) in [6.07, 6.45) is 7.02. The van der Waals surface area contributed by atoms with Crippen molar-refractivity contribution in [3.8, 4) is 12.3 Å². The normalized spacial score (nSPS) is 11.5. The zero-order valence-corrected chi connectivity index (χ0v) is 12.9. The highest BCUT2D eigenvalue weighted by molar-refractivity contribution is 7.15. The van der Waals surface area contributed by atoms with Gasteiger partial charge in [0.2, 0.25) is 0 Å². The van der Waals surface area contributed by atoms with Crippen LogP contribution in [-0.2, 0) is 6.54 Å². The summed E-state index contributed by atoms with van der Waals surface area (Å²) in [7, 11) is 0. The molecule has 0 saturated heterocycles. The molecule has 6 heteroatoms. The lowest BCUT2D eigenvalue weighted by Crippen LogP contribution is -2.31. The van der Waals surface area contributed by atoms with Crippen LogP contribution < -0.4 is 10.4 Å². The van der Waals surface area contributed by atoms with Gasteiger partial charge in [0.1, 0.15) is 4.83 Å². The molecule has 0 radical (unpaired) electrons. The quantitative estimate of drug-likeness (QED) is 0.679. The van der Waals surface area contributed by atoms with E-state index >= 15 is 0 Å². The molecule has 1 aromatic carbocycles. The highest BCUT2D eigenvalue weighted by atomic mass is 35.5. The van der Waals surface area contributed by atoms with Gasteiger partial charge < -0.3 is 0 Å². The van der Waals surface area contributed by atoms with Crippen molar-refractivity contribution in [2.24, 2.45) is 4.99 Å². The van der Waals surface area contributed by atoms with Crippen LogP contribution in [0.1, 0.15) is 0 Å². The molecule has 0 fully saturated rings. The van der Waals surface area contributed by atoms with E-state index in [0.717, 1.165) is 0 Å². The number of rotatable bonds is 2. The summed E-state index contributed by atoms with van der Waals surface area (Å²) < 4.78 is 1.48. The average Bonchev–Trinajstić information content (AvgIpc) is 2.53. The molecular weight excluding hydrogens is 318 g/mol. The Hall–Kier alpha value is -2.42. The van der Waals surface area contributed by atoms with Crippen molar-refractivity contribution in [1.29, 1.82) is 0 Å². The molecule has 0 atom stereocenters. The van der Waals surface area contributed by atoms with Gasteiger partial charge in [0.25, 0.3) is 5.56 Å². The van der Waals surface area contributed by atoms with Crippen molar-refractivity contribution >= 4 is 38.8 Å². The van der Waals surface area contributed by atoms with E-state index in [2.05, 4.69) is 15.9 Å². The molecule has 3 aromatic rings. The van der Waals surface area contributed by atoms with Crippen molar-refractivity contribution in [1.82, 2.24) is 9.55 Å². The summed E-state index contributed by atoms with van der Waals surface area (Å²) in [6, 6.07) is 10.5. The molecule has 2 aromatic heterocycles. The maximum Gasteiger partial charge on any atom is 0.263 e. The van der Waals surface area contributed by atoms with Crippen LogP contribution in [0.5, 0.6) is 0 Å². The van der Waals surface area contributed by atoms with Gasteiger partial charge in [-0.2, -0.15) is 0 Å². The topological polar surface area (TPSA) is 47.2 Å². The molecule has 0 spiro atoms. The van der Waals surface area contributed by atoms with Gasteiger partial charge in [-0.15, -0.1) is 6.42 Å². The molecule has 0 saturated carbocycles. The standard InChI is InChI=1S/C16H10ClN3OS/c1-2-10-20-15(21)13-4-3-9-18-14(13)22-16(20)19-12-7-5-11(17)6-8-12/h1,3-9H,10H2/b19-16-. The smallest absolute Gasteiger partial charge is 0.263 e. The lowest BCUT2D eigenvalue weighted by Gasteiger charge is -2.04. The molecule has 0 unspecified atom stereocenters. The second-order valence-electron chi connectivity index (χ2n) is 4.42. The Morgan fingerprint density at radius 1 is 1.32 bits per heavy atom. The molecule has 0 bridgehead atoms. The third kappa shape index (κ3) is 2.80. The fourth-order valence-corrected chi connectivity index (χ4v) is 3.04. The van der Waals surface area contributed by atoms with Gasteiger partial charge in [-0.1, -0.05) is 28.9 Å². The number of aromatic nitrogens is 2. The van der Waals surface area contributed by atoms with Crippen LogP contribution in [0.4, 0.5) is 5.69 Å². The van der Waals surface area contributed by atoms with Gasteiger partial charge in [0, 0.05) is 11.2 Å². The molecule has 0 aliphatic heterocycles. The van der Waals surface area contributed by atoms with Gasteiger partial charge in [0.15, 0.2) is 4.80 Å². The number of hydrogen-bond donors (Lipinski definition) is 0. The first kappa shape index (κ1) is 14.5. The molecule has 0 aliphatic rings. The zero-order chi connectivity index (χ0) is 15.5.